The monoisotopic (exact) mass is 806 g/mol. The number of benzene rings is 8. The van der Waals surface area contributed by atoms with Crippen molar-refractivity contribution in [3.8, 4) is 44.9 Å². The molecule has 1 atom stereocenters. The Labute approximate surface area is 363 Å². The highest BCUT2D eigenvalue weighted by molar-refractivity contribution is 6.13. The molecule has 0 radical (unpaired) electrons. The lowest BCUT2D eigenvalue weighted by Gasteiger charge is -2.20. The molecule has 0 saturated carbocycles. The van der Waals surface area contributed by atoms with Crippen LogP contribution in [-0.2, 0) is 0 Å². The van der Waals surface area contributed by atoms with E-state index in [9.17, 15) is 0 Å². The number of aromatic nitrogens is 3. The molecule has 13 rings (SSSR count). The summed E-state index contributed by atoms with van der Waals surface area (Å²) in [6.45, 7) is 0. The Balaban J connectivity index is 0.946. The minimum atomic E-state index is 0.120. The van der Waals surface area contributed by atoms with Crippen molar-refractivity contribution in [3.63, 3.8) is 0 Å². The Morgan fingerprint density at radius 3 is 1.60 bits per heavy atom. The van der Waals surface area contributed by atoms with Crippen LogP contribution < -0.4 is 5.32 Å². The molecule has 1 N–H and O–H groups in total. The Kier molecular flexibility index (Phi) is 7.90. The first-order valence-electron chi connectivity index (χ1n) is 21.5. The summed E-state index contributed by atoms with van der Waals surface area (Å²) in [7, 11) is 0. The minimum absolute atomic E-state index is 0.120. The third kappa shape index (κ3) is 5.60. The molecule has 296 valence electrons. The van der Waals surface area contributed by atoms with Crippen LogP contribution in [-0.4, -0.2) is 14.1 Å². The van der Waals surface area contributed by atoms with E-state index < -0.39 is 0 Å². The summed E-state index contributed by atoms with van der Waals surface area (Å²) < 4.78 is 11.3. The van der Waals surface area contributed by atoms with Crippen molar-refractivity contribution < 1.29 is 4.42 Å². The van der Waals surface area contributed by atoms with Gasteiger partial charge in [0.1, 0.15) is 11.2 Å². The molecule has 4 aromatic heterocycles. The maximum atomic E-state index is 6.55. The van der Waals surface area contributed by atoms with Crippen molar-refractivity contribution in [2.24, 2.45) is 0 Å². The number of hydrogen-bond acceptors (Lipinski definition) is 3. The highest BCUT2D eigenvalue weighted by Crippen LogP contribution is 2.41. The summed E-state index contributed by atoms with van der Waals surface area (Å²) in [5, 5.41) is 10.5. The molecular weight excluding hydrogens is 769 g/mol. The van der Waals surface area contributed by atoms with Gasteiger partial charge in [0.05, 0.1) is 33.8 Å². The standard InChI is InChI=1S/C58H38N4O/c1-3-15-43(51-19-9-11-31-59-51)41(13-1)37-23-27-55-47(33-37)45-17-5-7-21-53(45)61(55)39-25-29-57-49(35-39)50-36-40(26-30-58(50)63-57)62-54-22-8-6-18-46(54)48-34-38(24-28-56(48)62)42-14-2-4-16-44(42)52-20-10-12-32-60-52/h1-36,51,59H. The first-order valence-corrected chi connectivity index (χ1v) is 21.5. The number of para-hydroxylation sites is 2. The van der Waals surface area contributed by atoms with E-state index >= 15 is 0 Å². The average molecular weight is 807 g/mol. The zero-order valence-corrected chi connectivity index (χ0v) is 34.1. The zero-order chi connectivity index (χ0) is 41.4. The molecule has 0 spiro atoms. The molecule has 0 saturated heterocycles. The molecule has 5 heterocycles. The molecule has 5 heteroatoms. The Hall–Kier alpha value is -8.41. The van der Waals surface area contributed by atoms with Crippen LogP contribution in [0.1, 0.15) is 11.6 Å². The molecule has 1 aliphatic heterocycles. The fourth-order valence-electron chi connectivity index (χ4n) is 10.0. The second kappa shape index (κ2) is 14.1. The summed E-state index contributed by atoms with van der Waals surface area (Å²) in [6.07, 6.45) is 10.2. The van der Waals surface area contributed by atoms with Crippen LogP contribution in [0, 0.1) is 0 Å². The van der Waals surface area contributed by atoms with Crippen LogP contribution in [0.4, 0.5) is 0 Å². The molecule has 1 unspecified atom stereocenters. The van der Waals surface area contributed by atoms with Crippen molar-refractivity contribution in [3.05, 3.63) is 224 Å². The first-order chi connectivity index (χ1) is 31.2. The van der Waals surface area contributed by atoms with Gasteiger partial charge in [-0.3, -0.25) is 4.98 Å². The topological polar surface area (TPSA) is 47.9 Å². The summed E-state index contributed by atoms with van der Waals surface area (Å²) in [4.78, 5) is 4.69. The second-order valence-electron chi connectivity index (χ2n) is 16.4. The quantitative estimate of drug-likeness (QED) is 0.182. The Morgan fingerprint density at radius 2 is 0.984 bits per heavy atom. The zero-order valence-electron chi connectivity index (χ0n) is 34.1. The molecule has 0 amide bonds. The van der Waals surface area contributed by atoms with Gasteiger partial charge in [0.25, 0.3) is 0 Å². The van der Waals surface area contributed by atoms with Gasteiger partial charge in [-0.05, 0) is 125 Å². The van der Waals surface area contributed by atoms with Crippen LogP contribution in [0.2, 0.25) is 0 Å². The molecule has 0 bridgehead atoms. The SMILES string of the molecule is C1=CNC(c2ccccc2-c2ccc3c(c2)c2ccccc2n3-c2ccc3oc4ccc(-n5c6ccccc6c6cc(-c7ccccc7-c7ccccn7)ccc65)cc4c3c2)C=C1. The van der Waals surface area contributed by atoms with E-state index in [-0.39, 0.29) is 6.04 Å². The van der Waals surface area contributed by atoms with E-state index in [1.807, 2.05) is 30.6 Å². The van der Waals surface area contributed by atoms with Gasteiger partial charge in [-0.1, -0.05) is 115 Å². The smallest absolute Gasteiger partial charge is 0.135 e. The number of allylic oxidation sites excluding steroid dienone is 2. The lowest BCUT2D eigenvalue weighted by Crippen LogP contribution is -2.15. The van der Waals surface area contributed by atoms with Crippen molar-refractivity contribution >= 4 is 65.6 Å². The molecule has 1 aliphatic rings. The fraction of sp³-hybridized carbons (Fsp3) is 0.0172. The molecule has 5 nitrogen and oxygen atoms in total. The highest BCUT2D eigenvalue weighted by Gasteiger charge is 2.20. The predicted octanol–water partition coefficient (Wildman–Crippen LogP) is 14.9. The number of furan rings is 1. The van der Waals surface area contributed by atoms with Crippen LogP contribution in [0.15, 0.2) is 223 Å². The lowest BCUT2D eigenvalue weighted by molar-refractivity contribution is 0.669. The number of pyridine rings is 1. The minimum Gasteiger partial charge on any atom is -0.456 e. The Morgan fingerprint density at radius 1 is 0.429 bits per heavy atom. The molecule has 0 fully saturated rings. The number of nitrogens with one attached hydrogen (secondary N) is 1. The maximum Gasteiger partial charge on any atom is 0.135 e. The largest absolute Gasteiger partial charge is 0.456 e. The normalized spacial score (nSPS) is 13.9. The number of hydrogen-bond donors (Lipinski definition) is 1. The Bertz CT molecular complexity index is 3840. The first kappa shape index (κ1) is 35.4. The summed E-state index contributed by atoms with van der Waals surface area (Å²) in [5.41, 5.74) is 16.6. The van der Waals surface area contributed by atoms with Gasteiger partial charge < -0.3 is 18.9 Å². The summed E-state index contributed by atoms with van der Waals surface area (Å²) >= 11 is 0. The van der Waals surface area contributed by atoms with Crippen LogP contribution in [0.3, 0.4) is 0 Å². The molecule has 8 aromatic carbocycles. The van der Waals surface area contributed by atoms with Crippen molar-refractivity contribution in [1.29, 1.82) is 0 Å². The number of rotatable bonds is 6. The predicted molar refractivity (Wildman–Crippen MR) is 261 cm³/mol. The van der Waals surface area contributed by atoms with Gasteiger partial charge in [0.2, 0.25) is 0 Å². The summed E-state index contributed by atoms with van der Waals surface area (Å²) in [5.74, 6) is 0. The number of nitrogens with zero attached hydrogens (tertiary/aromatic N) is 3. The fourth-order valence-corrected chi connectivity index (χ4v) is 10.0. The molecule has 63 heavy (non-hydrogen) atoms. The van der Waals surface area contributed by atoms with Gasteiger partial charge in [-0.15, -0.1) is 0 Å². The van der Waals surface area contributed by atoms with Crippen molar-refractivity contribution in [2.75, 3.05) is 0 Å². The van der Waals surface area contributed by atoms with Crippen LogP contribution >= 0.6 is 0 Å². The molecule has 0 aliphatic carbocycles. The number of fused-ring (bicyclic) bond motifs is 9. The van der Waals surface area contributed by atoms with Gasteiger partial charge in [-0.2, -0.15) is 0 Å². The van der Waals surface area contributed by atoms with Gasteiger partial charge >= 0.3 is 0 Å². The van der Waals surface area contributed by atoms with Gasteiger partial charge in [-0.25, -0.2) is 0 Å². The van der Waals surface area contributed by atoms with Crippen LogP contribution in [0.5, 0.6) is 0 Å². The van der Waals surface area contributed by atoms with E-state index in [2.05, 4.69) is 203 Å². The third-order valence-corrected chi connectivity index (χ3v) is 12.9. The van der Waals surface area contributed by atoms with E-state index in [1.54, 1.807) is 0 Å². The van der Waals surface area contributed by atoms with Crippen molar-refractivity contribution in [2.45, 2.75) is 6.04 Å². The average Bonchev–Trinajstić information content (AvgIpc) is 4.01. The highest BCUT2D eigenvalue weighted by atomic mass is 16.3. The van der Waals surface area contributed by atoms with E-state index in [0.29, 0.717) is 0 Å². The lowest BCUT2D eigenvalue weighted by atomic mass is 9.93. The second-order valence-corrected chi connectivity index (χ2v) is 16.4. The van der Waals surface area contributed by atoms with E-state index in [4.69, 9.17) is 9.40 Å². The molecule has 12 aromatic rings. The van der Waals surface area contributed by atoms with E-state index in [1.165, 1.54) is 43.8 Å². The van der Waals surface area contributed by atoms with Crippen molar-refractivity contribution in [1.82, 2.24) is 19.4 Å². The third-order valence-electron chi connectivity index (χ3n) is 12.9. The van der Waals surface area contributed by atoms with Crippen LogP contribution in [0.25, 0.3) is 110 Å². The van der Waals surface area contributed by atoms with Gasteiger partial charge in [0.15, 0.2) is 0 Å². The molecular formula is C58H38N4O. The maximum absolute atomic E-state index is 6.55. The summed E-state index contributed by atoms with van der Waals surface area (Å²) in [6, 6.07) is 67.9. The van der Waals surface area contributed by atoms with E-state index in [0.717, 1.165) is 72.2 Å². The van der Waals surface area contributed by atoms with Gasteiger partial charge in [0, 0.05) is 55.5 Å². The number of dihydropyridines is 1.